The number of hydrogen-bond acceptors (Lipinski definition) is 2. The highest BCUT2D eigenvalue weighted by atomic mass is 79.9. The van der Waals surface area contributed by atoms with Crippen LogP contribution in [0.1, 0.15) is 17.4 Å². The van der Waals surface area contributed by atoms with Gasteiger partial charge in [-0.05, 0) is 35.0 Å². The summed E-state index contributed by atoms with van der Waals surface area (Å²) in [6, 6.07) is 5.21. The van der Waals surface area contributed by atoms with Crippen molar-refractivity contribution in [2.75, 3.05) is 6.54 Å². The van der Waals surface area contributed by atoms with Crippen LogP contribution in [-0.2, 0) is 0 Å². The fraction of sp³-hybridized carbons (Fsp3) is 0.200. The third-order valence-corrected chi connectivity index (χ3v) is 1.94. The number of rotatable bonds is 3. The van der Waals surface area contributed by atoms with E-state index >= 15 is 0 Å². The average molecular weight is 255 g/mol. The number of nitrogens with one attached hydrogen (secondary N) is 1. The Kier molecular flexibility index (Phi) is 3.83. The number of amides is 1. The van der Waals surface area contributed by atoms with Crippen molar-refractivity contribution < 1.29 is 4.79 Å². The molecule has 0 atom stereocenters. The minimum Gasteiger partial charge on any atom is -0.347 e. The standard InChI is InChI=1S/C10H11BrN2O/c1-7(2)6-12-10(14)8-4-3-5-9(11)13-8/h3-5H,1,6H2,2H3,(H,12,14). The Morgan fingerprint density at radius 1 is 1.64 bits per heavy atom. The van der Waals surface area contributed by atoms with Crippen LogP contribution >= 0.6 is 15.9 Å². The molecule has 14 heavy (non-hydrogen) atoms. The second-order valence-electron chi connectivity index (χ2n) is 2.99. The van der Waals surface area contributed by atoms with Crippen LogP contribution in [0.3, 0.4) is 0 Å². The van der Waals surface area contributed by atoms with Crippen molar-refractivity contribution in [1.29, 1.82) is 0 Å². The Morgan fingerprint density at radius 3 is 2.93 bits per heavy atom. The first kappa shape index (κ1) is 10.9. The van der Waals surface area contributed by atoms with Crippen LogP contribution in [-0.4, -0.2) is 17.4 Å². The highest BCUT2D eigenvalue weighted by Gasteiger charge is 2.05. The second kappa shape index (κ2) is 4.91. The lowest BCUT2D eigenvalue weighted by Crippen LogP contribution is -2.25. The Balaban J connectivity index is 2.65. The zero-order chi connectivity index (χ0) is 10.6. The zero-order valence-electron chi connectivity index (χ0n) is 7.88. The van der Waals surface area contributed by atoms with Gasteiger partial charge in [-0.25, -0.2) is 4.98 Å². The van der Waals surface area contributed by atoms with Gasteiger partial charge in [-0.15, -0.1) is 0 Å². The molecular weight excluding hydrogens is 244 g/mol. The first-order valence-electron chi connectivity index (χ1n) is 4.14. The molecular formula is C10H11BrN2O. The van der Waals surface area contributed by atoms with E-state index in [0.29, 0.717) is 16.8 Å². The minimum atomic E-state index is -0.186. The summed E-state index contributed by atoms with van der Waals surface area (Å²) in [6.07, 6.45) is 0. The molecule has 0 aromatic carbocycles. The fourth-order valence-electron chi connectivity index (χ4n) is 0.856. The van der Waals surface area contributed by atoms with Gasteiger partial charge in [-0.1, -0.05) is 18.2 Å². The lowest BCUT2D eigenvalue weighted by molar-refractivity contribution is 0.0952. The van der Waals surface area contributed by atoms with Gasteiger partial charge in [0.25, 0.3) is 5.91 Å². The molecule has 0 saturated heterocycles. The van der Waals surface area contributed by atoms with Crippen LogP contribution in [0.5, 0.6) is 0 Å². The van der Waals surface area contributed by atoms with Crippen LogP contribution in [0, 0.1) is 0 Å². The predicted octanol–water partition coefficient (Wildman–Crippen LogP) is 2.15. The number of halogens is 1. The van der Waals surface area contributed by atoms with E-state index in [4.69, 9.17) is 0 Å². The summed E-state index contributed by atoms with van der Waals surface area (Å²) < 4.78 is 0.653. The van der Waals surface area contributed by atoms with E-state index in [1.54, 1.807) is 18.2 Å². The van der Waals surface area contributed by atoms with E-state index in [1.807, 2.05) is 6.92 Å². The van der Waals surface area contributed by atoms with Gasteiger partial charge in [-0.2, -0.15) is 0 Å². The molecule has 3 nitrogen and oxygen atoms in total. The van der Waals surface area contributed by atoms with Gasteiger partial charge < -0.3 is 5.32 Å². The third kappa shape index (κ3) is 3.30. The molecule has 0 aliphatic heterocycles. The van der Waals surface area contributed by atoms with Crippen LogP contribution in [0.4, 0.5) is 0 Å². The number of aromatic nitrogens is 1. The lowest BCUT2D eigenvalue weighted by atomic mass is 10.3. The molecule has 0 aliphatic carbocycles. The largest absolute Gasteiger partial charge is 0.347 e. The summed E-state index contributed by atoms with van der Waals surface area (Å²) >= 11 is 3.20. The maximum absolute atomic E-state index is 11.5. The van der Waals surface area contributed by atoms with E-state index in [9.17, 15) is 4.79 Å². The highest BCUT2D eigenvalue weighted by Crippen LogP contribution is 2.05. The fourth-order valence-corrected chi connectivity index (χ4v) is 1.20. The Morgan fingerprint density at radius 2 is 2.36 bits per heavy atom. The minimum absolute atomic E-state index is 0.186. The van der Waals surface area contributed by atoms with Gasteiger partial charge in [0.05, 0.1) is 0 Å². The molecule has 1 aromatic heterocycles. The van der Waals surface area contributed by atoms with Crippen LogP contribution in [0.25, 0.3) is 0 Å². The van der Waals surface area contributed by atoms with Crippen molar-refractivity contribution in [2.24, 2.45) is 0 Å². The first-order chi connectivity index (χ1) is 6.59. The number of nitrogens with zero attached hydrogens (tertiary/aromatic N) is 1. The van der Waals surface area contributed by atoms with E-state index in [1.165, 1.54) is 0 Å². The quantitative estimate of drug-likeness (QED) is 0.664. The Labute approximate surface area is 91.4 Å². The zero-order valence-corrected chi connectivity index (χ0v) is 9.47. The molecule has 0 bridgehead atoms. The van der Waals surface area contributed by atoms with E-state index in [0.717, 1.165) is 5.57 Å². The van der Waals surface area contributed by atoms with Crippen molar-refractivity contribution in [3.8, 4) is 0 Å². The maximum atomic E-state index is 11.5. The van der Waals surface area contributed by atoms with Gasteiger partial charge in [-0.3, -0.25) is 4.79 Å². The van der Waals surface area contributed by atoms with Gasteiger partial charge in [0.1, 0.15) is 10.3 Å². The van der Waals surface area contributed by atoms with Crippen LogP contribution in [0.2, 0.25) is 0 Å². The Bertz CT molecular complexity index is 363. The summed E-state index contributed by atoms with van der Waals surface area (Å²) in [5.41, 5.74) is 1.31. The molecule has 74 valence electrons. The number of carbonyl (C=O) groups excluding carboxylic acids is 1. The van der Waals surface area contributed by atoms with Gasteiger partial charge in [0.15, 0.2) is 0 Å². The van der Waals surface area contributed by atoms with Crippen molar-refractivity contribution in [1.82, 2.24) is 10.3 Å². The van der Waals surface area contributed by atoms with Crippen molar-refractivity contribution in [3.05, 3.63) is 40.6 Å². The summed E-state index contributed by atoms with van der Waals surface area (Å²) in [5.74, 6) is -0.186. The lowest BCUT2D eigenvalue weighted by Gasteiger charge is -2.03. The van der Waals surface area contributed by atoms with E-state index < -0.39 is 0 Å². The normalized spacial score (nSPS) is 9.57. The number of hydrogen-bond donors (Lipinski definition) is 1. The molecule has 0 fully saturated rings. The Hall–Kier alpha value is -1.16. The molecule has 0 saturated carbocycles. The highest BCUT2D eigenvalue weighted by molar-refractivity contribution is 9.10. The number of pyridine rings is 1. The van der Waals surface area contributed by atoms with Gasteiger partial charge in [0.2, 0.25) is 0 Å². The van der Waals surface area contributed by atoms with Crippen molar-refractivity contribution >= 4 is 21.8 Å². The molecule has 1 aromatic rings. The van der Waals surface area contributed by atoms with Crippen molar-refractivity contribution in [2.45, 2.75) is 6.92 Å². The molecule has 1 amide bonds. The number of carbonyl (C=O) groups is 1. The molecule has 1 rings (SSSR count). The summed E-state index contributed by atoms with van der Waals surface area (Å²) in [5, 5.41) is 2.70. The summed E-state index contributed by atoms with van der Waals surface area (Å²) in [6.45, 7) is 6.03. The van der Waals surface area contributed by atoms with Gasteiger partial charge in [0, 0.05) is 6.54 Å². The second-order valence-corrected chi connectivity index (χ2v) is 3.80. The monoisotopic (exact) mass is 254 g/mol. The summed E-state index contributed by atoms with van der Waals surface area (Å²) in [7, 11) is 0. The molecule has 0 unspecified atom stereocenters. The van der Waals surface area contributed by atoms with Crippen LogP contribution in [0.15, 0.2) is 35.0 Å². The van der Waals surface area contributed by atoms with Crippen LogP contribution < -0.4 is 5.32 Å². The SMILES string of the molecule is C=C(C)CNC(=O)c1cccc(Br)n1. The first-order valence-corrected chi connectivity index (χ1v) is 4.94. The molecule has 0 spiro atoms. The summed E-state index contributed by atoms with van der Waals surface area (Å²) in [4.78, 5) is 15.5. The molecule has 1 heterocycles. The van der Waals surface area contributed by atoms with Crippen molar-refractivity contribution in [3.63, 3.8) is 0 Å². The smallest absolute Gasteiger partial charge is 0.270 e. The topological polar surface area (TPSA) is 42.0 Å². The van der Waals surface area contributed by atoms with E-state index in [2.05, 4.69) is 32.8 Å². The molecule has 1 N–H and O–H groups in total. The maximum Gasteiger partial charge on any atom is 0.270 e. The molecule has 0 aliphatic rings. The van der Waals surface area contributed by atoms with Gasteiger partial charge >= 0.3 is 0 Å². The average Bonchev–Trinajstić information content (AvgIpc) is 2.14. The third-order valence-electron chi connectivity index (χ3n) is 1.50. The molecule has 4 heteroatoms. The predicted molar refractivity (Wildman–Crippen MR) is 59.1 cm³/mol. The molecule has 0 radical (unpaired) electrons. The van der Waals surface area contributed by atoms with E-state index in [-0.39, 0.29) is 5.91 Å².